The summed E-state index contributed by atoms with van der Waals surface area (Å²) in [5.41, 5.74) is 0. The van der Waals surface area contributed by atoms with Gasteiger partial charge in [0.25, 0.3) is 0 Å². The number of rotatable bonds is 6. The molecule has 3 nitrogen and oxygen atoms in total. The number of methoxy groups -OCH3 is 2. The molecule has 0 fully saturated rings. The molecule has 0 aliphatic rings. The van der Waals surface area contributed by atoms with Crippen molar-refractivity contribution in [1.82, 2.24) is 0 Å². The van der Waals surface area contributed by atoms with E-state index in [4.69, 9.17) is 21.5 Å². The van der Waals surface area contributed by atoms with Gasteiger partial charge in [0.2, 0.25) is 0 Å². The fourth-order valence-electron chi connectivity index (χ4n) is 2.34. The first kappa shape index (κ1) is 17.9. The van der Waals surface area contributed by atoms with Crippen molar-refractivity contribution in [2.75, 3.05) is 14.2 Å². The molecule has 0 aliphatic carbocycles. The van der Waals surface area contributed by atoms with Gasteiger partial charge in [0.05, 0.1) is 0 Å². The third kappa shape index (κ3) is 4.04. The molecule has 0 atom stereocenters. The van der Waals surface area contributed by atoms with Gasteiger partial charge >= 0.3 is 157 Å². The SMILES string of the molecule is COc1ccc([Te](Cl)(Oc2ccccc2)c2ccc(OC)cc2)cc1. The summed E-state index contributed by atoms with van der Waals surface area (Å²) < 4.78 is 18.9. The molecule has 0 saturated heterocycles. The maximum atomic E-state index is 7.20. The van der Waals surface area contributed by atoms with Crippen LogP contribution >= 0.6 is 8.96 Å². The molecule has 3 rings (SSSR count). The molecule has 0 spiro atoms. The fourth-order valence-corrected chi connectivity index (χ4v) is 9.39. The van der Waals surface area contributed by atoms with Crippen molar-refractivity contribution in [2.24, 2.45) is 0 Å². The molecule has 0 aliphatic heterocycles. The number of ether oxygens (including phenoxy) is 2. The molecular formula is C20H19ClO3Te. The average Bonchev–Trinajstić information content (AvgIpc) is 2.69. The van der Waals surface area contributed by atoms with Crippen molar-refractivity contribution in [1.29, 1.82) is 0 Å². The summed E-state index contributed by atoms with van der Waals surface area (Å²) in [5.74, 6) is 2.35. The Balaban J connectivity index is 2.05. The quantitative estimate of drug-likeness (QED) is 0.516. The molecular weight excluding hydrogens is 451 g/mol. The number of hydrogen-bond donors (Lipinski definition) is 0. The minimum atomic E-state index is -3.61. The minimum absolute atomic E-state index is 0.769. The first-order valence-corrected chi connectivity index (χ1v) is 13.9. The Hall–Kier alpha value is -1.86. The first-order chi connectivity index (χ1) is 12.2. The summed E-state index contributed by atoms with van der Waals surface area (Å²) in [7, 11) is 10.5. The number of benzene rings is 3. The van der Waals surface area contributed by atoms with Gasteiger partial charge in [-0.25, -0.2) is 0 Å². The van der Waals surface area contributed by atoms with E-state index >= 15 is 0 Å². The van der Waals surface area contributed by atoms with Gasteiger partial charge in [-0.05, 0) is 0 Å². The summed E-state index contributed by atoms with van der Waals surface area (Å²) in [4.78, 5) is 0. The van der Waals surface area contributed by atoms with Crippen LogP contribution in [0.3, 0.4) is 0 Å². The Morgan fingerprint density at radius 3 is 1.44 bits per heavy atom. The Morgan fingerprint density at radius 2 is 1.04 bits per heavy atom. The first-order valence-electron chi connectivity index (χ1n) is 7.71. The van der Waals surface area contributed by atoms with E-state index in [0.29, 0.717) is 0 Å². The van der Waals surface area contributed by atoms with Gasteiger partial charge < -0.3 is 0 Å². The molecule has 5 heteroatoms. The third-order valence-corrected chi connectivity index (χ3v) is 12.7. The molecule has 0 heterocycles. The van der Waals surface area contributed by atoms with E-state index in [1.54, 1.807) is 14.2 Å². The van der Waals surface area contributed by atoms with Crippen LogP contribution in [0.25, 0.3) is 0 Å². The molecule has 0 aromatic heterocycles. The number of hydrogen-bond acceptors (Lipinski definition) is 3. The van der Waals surface area contributed by atoms with E-state index in [1.807, 2.05) is 78.9 Å². The van der Waals surface area contributed by atoms with Gasteiger partial charge in [-0.2, -0.15) is 0 Å². The van der Waals surface area contributed by atoms with E-state index in [2.05, 4.69) is 0 Å². The molecule has 3 aromatic carbocycles. The monoisotopic (exact) mass is 472 g/mol. The predicted molar refractivity (Wildman–Crippen MR) is 104 cm³/mol. The Labute approximate surface area is 156 Å². The summed E-state index contributed by atoms with van der Waals surface area (Å²) in [5, 5.41) is 0. The summed E-state index contributed by atoms with van der Waals surface area (Å²) in [6.07, 6.45) is 0. The average molecular weight is 470 g/mol. The van der Waals surface area contributed by atoms with Crippen LogP contribution in [-0.2, 0) is 0 Å². The van der Waals surface area contributed by atoms with E-state index in [-0.39, 0.29) is 0 Å². The van der Waals surface area contributed by atoms with Crippen molar-refractivity contribution in [3.63, 3.8) is 0 Å². The van der Waals surface area contributed by atoms with Gasteiger partial charge in [0.15, 0.2) is 0 Å². The van der Waals surface area contributed by atoms with Crippen LogP contribution in [-0.4, -0.2) is 31.7 Å². The predicted octanol–water partition coefficient (Wildman–Crippen LogP) is 3.58. The second-order valence-corrected chi connectivity index (χ2v) is 14.1. The fraction of sp³-hybridized carbons (Fsp3) is 0.100. The van der Waals surface area contributed by atoms with Gasteiger partial charge in [-0.1, -0.05) is 0 Å². The second kappa shape index (κ2) is 8.01. The van der Waals surface area contributed by atoms with Crippen LogP contribution in [0.2, 0.25) is 0 Å². The standard InChI is InChI=1S/C20H19ClO3Te/c1-22-16-8-12-19(13-9-16)25(21,24-18-6-4-3-5-7-18)20-14-10-17(23-2)11-15-20/h3-15H,1-2H3. The number of halogens is 1. The van der Waals surface area contributed by atoms with Crippen molar-refractivity contribution < 1.29 is 12.6 Å². The Bertz CT molecular complexity index is 757. The molecule has 0 N–H and O–H groups in total. The molecule has 3 aromatic rings. The van der Waals surface area contributed by atoms with Crippen LogP contribution in [0.5, 0.6) is 17.2 Å². The van der Waals surface area contributed by atoms with E-state index in [9.17, 15) is 0 Å². The van der Waals surface area contributed by atoms with E-state index in [0.717, 1.165) is 24.5 Å². The second-order valence-electron chi connectivity index (χ2n) is 5.23. The van der Waals surface area contributed by atoms with Crippen molar-refractivity contribution >= 4 is 33.7 Å². The molecule has 25 heavy (non-hydrogen) atoms. The number of para-hydroxylation sites is 1. The van der Waals surface area contributed by atoms with Gasteiger partial charge in [0, 0.05) is 0 Å². The van der Waals surface area contributed by atoms with Gasteiger partial charge in [0.1, 0.15) is 0 Å². The van der Waals surface area contributed by atoms with Crippen LogP contribution in [0.15, 0.2) is 78.9 Å². The molecule has 0 radical (unpaired) electrons. The molecule has 0 amide bonds. The molecule has 0 bridgehead atoms. The van der Waals surface area contributed by atoms with Crippen molar-refractivity contribution in [3.8, 4) is 17.2 Å². The zero-order valence-electron chi connectivity index (χ0n) is 14.0. The third-order valence-electron chi connectivity index (χ3n) is 3.68. The van der Waals surface area contributed by atoms with Crippen LogP contribution in [0, 0.1) is 0 Å². The van der Waals surface area contributed by atoms with Crippen LogP contribution in [0.1, 0.15) is 0 Å². The van der Waals surface area contributed by atoms with Crippen molar-refractivity contribution in [2.45, 2.75) is 0 Å². The van der Waals surface area contributed by atoms with Gasteiger partial charge in [-0.3, -0.25) is 0 Å². The Kier molecular flexibility index (Phi) is 5.75. The summed E-state index contributed by atoms with van der Waals surface area (Å²) in [6.45, 7) is 0. The van der Waals surface area contributed by atoms with E-state index in [1.165, 1.54) is 0 Å². The van der Waals surface area contributed by atoms with Crippen LogP contribution in [0.4, 0.5) is 0 Å². The zero-order valence-corrected chi connectivity index (χ0v) is 17.1. The van der Waals surface area contributed by atoms with Crippen LogP contribution < -0.4 is 19.8 Å². The Morgan fingerprint density at radius 1 is 0.600 bits per heavy atom. The van der Waals surface area contributed by atoms with Crippen molar-refractivity contribution in [3.05, 3.63) is 78.9 Å². The summed E-state index contributed by atoms with van der Waals surface area (Å²) >= 11 is -3.61. The maximum absolute atomic E-state index is 7.20. The van der Waals surface area contributed by atoms with Gasteiger partial charge in [-0.15, -0.1) is 0 Å². The molecule has 0 saturated carbocycles. The normalized spacial score (nSPS) is 11.6. The zero-order chi connectivity index (χ0) is 17.7. The molecule has 0 unspecified atom stereocenters. The van der Waals surface area contributed by atoms with E-state index < -0.39 is 17.5 Å². The summed E-state index contributed by atoms with van der Waals surface area (Å²) in [6, 6.07) is 25.3. The topological polar surface area (TPSA) is 27.7 Å². The molecule has 130 valence electrons.